The molecule has 0 aromatic heterocycles. The number of carbonyl (C=O) groups excluding carboxylic acids is 1. The fourth-order valence-corrected chi connectivity index (χ4v) is 4.54. The zero-order chi connectivity index (χ0) is 20.9. The van der Waals surface area contributed by atoms with Crippen molar-refractivity contribution >= 4 is 22.1 Å². The third-order valence-corrected chi connectivity index (χ3v) is 6.69. The maximum Gasteiger partial charge on any atom is 0.243 e. The van der Waals surface area contributed by atoms with Crippen molar-refractivity contribution in [2.24, 2.45) is 11.0 Å². The van der Waals surface area contributed by atoms with Crippen LogP contribution >= 0.6 is 0 Å². The Bertz CT molecular complexity index is 968. The maximum absolute atomic E-state index is 13.0. The van der Waals surface area contributed by atoms with Crippen molar-refractivity contribution in [3.63, 3.8) is 0 Å². The van der Waals surface area contributed by atoms with Gasteiger partial charge in [0.1, 0.15) is 11.6 Å². The molecule has 7 nitrogen and oxygen atoms in total. The van der Waals surface area contributed by atoms with Gasteiger partial charge in [-0.25, -0.2) is 18.2 Å². The van der Waals surface area contributed by atoms with Crippen molar-refractivity contribution in [2.45, 2.75) is 17.7 Å². The molecule has 3 rings (SSSR count). The SMILES string of the molecule is COc1ccc(/C=N\NC(=O)C2CCN(S(=O)(=O)c3ccc(F)cc3)CC2)cc1. The average molecular weight is 419 g/mol. The van der Waals surface area contributed by atoms with Gasteiger partial charge in [-0.05, 0) is 66.9 Å². The lowest BCUT2D eigenvalue weighted by Gasteiger charge is -2.30. The highest BCUT2D eigenvalue weighted by Crippen LogP contribution is 2.24. The van der Waals surface area contributed by atoms with Gasteiger partial charge in [0.05, 0.1) is 18.2 Å². The monoisotopic (exact) mass is 419 g/mol. The fraction of sp³-hybridized carbons (Fsp3) is 0.300. The number of ether oxygens (including phenoxy) is 1. The van der Waals surface area contributed by atoms with Crippen LogP contribution < -0.4 is 10.2 Å². The molecular formula is C20H22FN3O4S. The standard InChI is InChI=1S/C20H22FN3O4S/c1-28-18-6-2-15(3-7-18)14-22-23-20(25)16-10-12-24(13-11-16)29(26,27)19-8-4-17(21)5-9-19/h2-9,14,16H,10-13H2,1H3,(H,23,25)/b22-14-. The third kappa shape index (κ3) is 5.18. The lowest BCUT2D eigenvalue weighted by atomic mass is 9.98. The predicted octanol–water partition coefficient (Wildman–Crippen LogP) is 2.39. The van der Waals surface area contributed by atoms with Gasteiger partial charge in [-0.15, -0.1) is 0 Å². The molecule has 2 aromatic carbocycles. The van der Waals surface area contributed by atoms with Crippen molar-refractivity contribution in [3.8, 4) is 5.75 Å². The molecule has 0 radical (unpaired) electrons. The minimum atomic E-state index is -3.69. The minimum absolute atomic E-state index is 0.0471. The lowest BCUT2D eigenvalue weighted by molar-refractivity contribution is -0.126. The maximum atomic E-state index is 13.0. The normalized spacial score (nSPS) is 16.1. The van der Waals surface area contributed by atoms with Crippen LogP contribution in [0.5, 0.6) is 5.75 Å². The number of hydrazone groups is 1. The Morgan fingerprint density at radius 3 is 2.34 bits per heavy atom. The summed E-state index contributed by atoms with van der Waals surface area (Å²) < 4.78 is 44.7. The molecule has 1 amide bonds. The molecule has 0 atom stereocenters. The number of sulfonamides is 1. The van der Waals surface area contributed by atoms with Gasteiger partial charge in [-0.1, -0.05) is 0 Å². The van der Waals surface area contributed by atoms with Crippen LogP contribution in [0, 0.1) is 11.7 Å². The molecule has 1 fully saturated rings. The molecule has 0 saturated carbocycles. The Morgan fingerprint density at radius 1 is 1.14 bits per heavy atom. The first kappa shape index (κ1) is 20.9. The molecule has 1 aliphatic rings. The minimum Gasteiger partial charge on any atom is -0.497 e. The summed E-state index contributed by atoms with van der Waals surface area (Å²) in [5.74, 6) is -0.320. The zero-order valence-electron chi connectivity index (χ0n) is 15.9. The number of halogens is 1. The molecule has 1 heterocycles. The Labute approximate surface area is 169 Å². The number of hydrogen-bond acceptors (Lipinski definition) is 5. The Morgan fingerprint density at radius 2 is 1.76 bits per heavy atom. The smallest absolute Gasteiger partial charge is 0.243 e. The number of rotatable bonds is 6. The summed E-state index contributed by atoms with van der Waals surface area (Å²) in [6.07, 6.45) is 2.32. The van der Waals surface area contributed by atoms with Crippen molar-refractivity contribution in [1.82, 2.24) is 9.73 Å². The molecule has 1 N–H and O–H groups in total. The quantitative estimate of drug-likeness (QED) is 0.575. The molecule has 0 bridgehead atoms. The van der Waals surface area contributed by atoms with E-state index in [-0.39, 0.29) is 29.8 Å². The Balaban J connectivity index is 1.52. The average Bonchev–Trinajstić information content (AvgIpc) is 2.74. The van der Waals surface area contributed by atoms with E-state index in [4.69, 9.17) is 4.74 Å². The van der Waals surface area contributed by atoms with Crippen LogP contribution in [0.4, 0.5) is 4.39 Å². The first-order chi connectivity index (χ1) is 13.9. The number of benzene rings is 2. The molecular weight excluding hydrogens is 397 g/mol. The first-order valence-electron chi connectivity index (χ1n) is 9.13. The van der Waals surface area contributed by atoms with E-state index in [0.717, 1.165) is 23.4 Å². The van der Waals surface area contributed by atoms with Crippen LogP contribution in [0.2, 0.25) is 0 Å². The van der Waals surface area contributed by atoms with Gasteiger partial charge in [-0.2, -0.15) is 9.41 Å². The predicted molar refractivity (Wildman–Crippen MR) is 107 cm³/mol. The summed E-state index contributed by atoms with van der Waals surface area (Å²) in [6, 6.07) is 11.9. The van der Waals surface area contributed by atoms with Gasteiger partial charge in [0, 0.05) is 19.0 Å². The van der Waals surface area contributed by atoms with Crippen LogP contribution in [-0.4, -0.2) is 45.0 Å². The van der Waals surface area contributed by atoms with Gasteiger partial charge in [-0.3, -0.25) is 4.79 Å². The zero-order valence-corrected chi connectivity index (χ0v) is 16.7. The Kier molecular flexibility index (Phi) is 6.60. The van der Waals surface area contributed by atoms with Gasteiger partial charge in [0.25, 0.3) is 0 Å². The van der Waals surface area contributed by atoms with Gasteiger partial charge < -0.3 is 4.74 Å². The summed E-state index contributed by atoms with van der Waals surface area (Å²) >= 11 is 0. The van der Waals surface area contributed by atoms with Gasteiger partial charge in [0.15, 0.2) is 0 Å². The van der Waals surface area contributed by atoms with E-state index in [1.807, 2.05) is 12.1 Å². The number of nitrogens with one attached hydrogen (secondary N) is 1. The highest BCUT2D eigenvalue weighted by molar-refractivity contribution is 7.89. The van der Waals surface area contributed by atoms with Crippen LogP contribution in [-0.2, 0) is 14.8 Å². The van der Waals surface area contributed by atoms with E-state index in [1.54, 1.807) is 19.2 Å². The second-order valence-electron chi connectivity index (χ2n) is 6.64. The number of amides is 1. The molecule has 154 valence electrons. The van der Waals surface area contributed by atoms with Crippen molar-refractivity contribution in [3.05, 3.63) is 59.9 Å². The summed E-state index contributed by atoms with van der Waals surface area (Å²) in [7, 11) is -2.11. The molecule has 0 spiro atoms. The summed E-state index contributed by atoms with van der Waals surface area (Å²) in [5.41, 5.74) is 3.32. The molecule has 1 aliphatic heterocycles. The molecule has 9 heteroatoms. The number of hydrogen-bond donors (Lipinski definition) is 1. The lowest BCUT2D eigenvalue weighted by Crippen LogP contribution is -2.42. The molecule has 0 aliphatic carbocycles. The Hall–Kier alpha value is -2.78. The topological polar surface area (TPSA) is 88.1 Å². The highest BCUT2D eigenvalue weighted by atomic mass is 32.2. The number of carbonyl (C=O) groups is 1. The van der Waals surface area contributed by atoms with Crippen LogP contribution in [0.25, 0.3) is 0 Å². The van der Waals surface area contributed by atoms with Crippen LogP contribution in [0.3, 0.4) is 0 Å². The number of nitrogens with zero attached hydrogens (tertiary/aromatic N) is 2. The summed E-state index contributed by atoms with van der Waals surface area (Å²) in [5, 5.41) is 3.96. The molecule has 0 unspecified atom stereocenters. The second kappa shape index (κ2) is 9.15. The van der Waals surface area contributed by atoms with E-state index in [2.05, 4.69) is 10.5 Å². The van der Waals surface area contributed by atoms with Crippen LogP contribution in [0.1, 0.15) is 18.4 Å². The van der Waals surface area contributed by atoms with Gasteiger partial charge in [0.2, 0.25) is 15.9 Å². The largest absolute Gasteiger partial charge is 0.497 e. The molecule has 1 saturated heterocycles. The van der Waals surface area contributed by atoms with Crippen molar-refractivity contribution in [2.75, 3.05) is 20.2 Å². The van der Waals surface area contributed by atoms with E-state index < -0.39 is 15.8 Å². The van der Waals surface area contributed by atoms with E-state index in [9.17, 15) is 17.6 Å². The number of methoxy groups -OCH3 is 1. The summed E-state index contributed by atoms with van der Waals surface area (Å²) in [6.45, 7) is 0.444. The second-order valence-corrected chi connectivity index (χ2v) is 8.58. The van der Waals surface area contributed by atoms with Crippen LogP contribution in [0.15, 0.2) is 58.5 Å². The molecule has 29 heavy (non-hydrogen) atoms. The first-order valence-corrected chi connectivity index (χ1v) is 10.6. The fourth-order valence-electron chi connectivity index (χ4n) is 3.07. The van der Waals surface area contributed by atoms with Gasteiger partial charge >= 0.3 is 0 Å². The van der Waals surface area contributed by atoms with Crippen molar-refractivity contribution in [1.29, 1.82) is 0 Å². The highest BCUT2D eigenvalue weighted by Gasteiger charge is 2.32. The van der Waals surface area contributed by atoms with Crippen molar-refractivity contribution < 1.29 is 22.3 Å². The van der Waals surface area contributed by atoms with E-state index in [1.165, 1.54) is 22.7 Å². The van der Waals surface area contributed by atoms with E-state index >= 15 is 0 Å². The molecule has 2 aromatic rings. The number of piperidine rings is 1. The third-order valence-electron chi connectivity index (χ3n) is 4.78. The summed E-state index contributed by atoms with van der Waals surface area (Å²) in [4.78, 5) is 12.3. The van der Waals surface area contributed by atoms with E-state index in [0.29, 0.717) is 12.8 Å².